The summed E-state index contributed by atoms with van der Waals surface area (Å²) in [4.78, 5) is 6.65. The SMILES string of the molecule is CCN(CC)CCC(N)Cc1ncnn1CC. The lowest BCUT2D eigenvalue weighted by Gasteiger charge is -2.20. The molecule has 1 rings (SSSR count). The molecule has 5 nitrogen and oxygen atoms in total. The third-order valence-corrected chi connectivity index (χ3v) is 3.15. The van der Waals surface area contributed by atoms with Crippen LogP contribution in [0.3, 0.4) is 0 Å². The van der Waals surface area contributed by atoms with Gasteiger partial charge in [-0.15, -0.1) is 0 Å². The maximum Gasteiger partial charge on any atom is 0.138 e. The van der Waals surface area contributed by atoms with Crippen LogP contribution in [-0.4, -0.2) is 45.3 Å². The lowest BCUT2D eigenvalue weighted by molar-refractivity contribution is 0.289. The lowest BCUT2D eigenvalue weighted by Crippen LogP contribution is -2.32. The first-order valence-electron chi connectivity index (χ1n) is 6.55. The van der Waals surface area contributed by atoms with E-state index >= 15 is 0 Å². The highest BCUT2D eigenvalue weighted by molar-refractivity contribution is 4.88. The van der Waals surface area contributed by atoms with Crippen LogP contribution < -0.4 is 5.73 Å². The Morgan fingerprint density at radius 2 is 2.06 bits per heavy atom. The van der Waals surface area contributed by atoms with E-state index < -0.39 is 0 Å². The van der Waals surface area contributed by atoms with Gasteiger partial charge in [0.1, 0.15) is 12.2 Å². The van der Waals surface area contributed by atoms with Gasteiger partial charge in [0.2, 0.25) is 0 Å². The molecule has 1 aromatic heterocycles. The smallest absolute Gasteiger partial charge is 0.138 e. The molecule has 0 saturated carbocycles. The second kappa shape index (κ2) is 7.40. The average molecular weight is 239 g/mol. The molecule has 0 saturated heterocycles. The fourth-order valence-electron chi connectivity index (χ4n) is 1.94. The van der Waals surface area contributed by atoms with Gasteiger partial charge in [-0.3, -0.25) is 4.68 Å². The predicted molar refractivity (Wildman–Crippen MR) is 69.8 cm³/mol. The molecule has 0 aliphatic carbocycles. The minimum atomic E-state index is 0.171. The minimum absolute atomic E-state index is 0.171. The summed E-state index contributed by atoms with van der Waals surface area (Å²) in [6.45, 7) is 10.5. The number of aromatic nitrogens is 3. The van der Waals surface area contributed by atoms with E-state index in [9.17, 15) is 0 Å². The van der Waals surface area contributed by atoms with Crippen LogP contribution in [-0.2, 0) is 13.0 Å². The van der Waals surface area contributed by atoms with Gasteiger partial charge in [0, 0.05) is 19.0 Å². The molecule has 0 radical (unpaired) electrons. The fourth-order valence-corrected chi connectivity index (χ4v) is 1.94. The Labute approximate surface area is 104 Å². The maximum absolute atomic E-state index is 6.14. The predicted octanol–water partition coefficient (Wildman–Crippen LogP) is 0.900. The van der Waals surface area contributed by atoms with E-state index in [2.05, 4.69) is 35.8 Å². The maximum atomic E-state index is 6.14. The van der Waals surface area contributed by atoms with Crippen molar-refractivity contribution in [3.8, 4) is 0 Å². The first kappa shape index (κ1) is 14.1. The van der Waals surface area contributed by atoms with E-state index in [1.165, 1.54) is 0 Å². The minimum Gasteiger partial charge on any atom is -0.327 e. The summed E-state index contributed by atoms with van der Waals surface area (Å²) in [5.41, 5.74) is 6.14. The topological polar surface area (TPSA) is 60.0 Å². The molecule has 1 aromatic rings. The molecule has 0 aliphatic rings. The summed E-state index contributed by atoms with van der Waals surface area (Å²) >= 11 is 0. The first-order valence-corrected chi connectivity index (χ1v) is 6.55. The average Bonchev–Trinajstić information content (AvgIpc) is 2.77. The highest BCUT2D eigenvalue weighted by Gasteiger charge is 2.10. The molecule has 0 spiro atoms. The van der Waals surface area contributed by atoms with Crippen molar-refractivity contribution < 1.29 is 0 Å². The number of hydrogen-bond donors (Lipinski definition) is 1. The molecule has 0 bridgehead atoms. The van der Waals surface area contributed by atoms with E-state index in [4.69, 9.17) is 5.73 Å². The third-order valence-electron chi connectivity index (χ3n) is 3.15. The number of nitrogens with two attached hydrogens (primary N) is 1. The van der Waals surface area contributed by atoms with Crippen molar-refractivity contribution >= 4 is 0 Å². The van der Waals surface area contributed by atoms with Crippen molar-refractivity contribution in [2.45, 2.75) is 46.2 Å². The van der Waals surface area contributed by atoms with Gasteiger partial charge in [-0.1, -0.05) is 13.8 Å². The lowest BCUT2D eigenvalue weighted by atomic mass is 10.1. The van der Waals surface area contributed by atoms with Crippen LogP contribution in [0.4, 0.5) is 0 Å². The second-order valence-corrected chi connectivity index (χ2v) is 4.27. The van der Waals surface area contributed by atoms with Crippen molar-refractivity contribution in [1.82, 2.24) is 19.7 Å². The van der Waals surface area contributed by atoms with Crippen LogP contribution >= 0.6 is 0 Å². The fraction of sp³-hybridized carbons (Fsp3) is 0.833. The van der Waals surface area contributed by atoms with Gasteiger partial charge in [0.05, 0.1) is 0 Å². The van der Waals surface area contributed by atoms with Crippen LogP contribution in [0.15, 0.2) is 6.33 Å². The van der Waals surface area contributed by atoms with E-state index in [1.807, 2.05) is 4.68 Å². The Morgan fingerprint density at radius 3 is 2.65 bits per heavy atom. The molecule has 1 unspecified atom stereocenters. The Balaban J connectivity index is 2.36. The number of aryl methyl sites for hydroxylation is 1. The van der Waals surface area contributed by atoms with Crippen LogP contribution in [0.25, 0.3) is 0 Å². The standard InChI is InChI=1S/C12H25N5/c1-4-16(5-2)8-7-11(13)9-12-14-10-15-17(12)6-3/h10-11H,4-9,13H2,1-3H3. The largest absolute Gasteiger partial charge is 0.327 e. The summed E-state index contributed by atoms with van der Waals surface area (Å²) in [7, 11) is 0. The van der Waals surface area contributed by atoms with Gasteiger partial charge in [-0.25, -0.2) is 4.98 Å². The van der Waals surface area contributed by atoms with Crippen molar-refractivity contribution in [3.05, 3.63) is 12.2 Å². The molecule has 98 valence electrons. The van der Waals surface area contributed by atoms with E-state index in [-0.39, 0.29) is 6.04 Å². The zero-order valence-corrected chi connectivity index (χ0v) is 11.3. The number of hydrogen-bond acceptors (Lipinski definition) is 4. The second-order valence-electron chi connectivity index (χ2n) is 4.27. The van der Waals surface area contributed by atoms with Gasteiger partial charge in [0.15, 0.2) is 0 Å². The first-order chi connectivity index (χ1) is 8.21. The zero-order valence-electron chi connectivity index (χ0n) is 11.3. The number of rotatable bonds is 8. The third kappa shape index (κ3) is 4.44. The normalized spacial score (nSPS) is 13.2. The van der Waals surface area contributed by atoms with E-state index in [1.54, 1.807) is 6.33 Å². The Hall–Kier alpha value is -0.940. The van der Waals surface area contributed by atoms with Crippen LogP contribution in [0.2, 0.25) is 0 Å². The quantitative estimate of drug-likeness (QED) is 0.732. The highest BCUT2D eigenvalue weighted by Crippen LogP contribution is 2.02. The van der Waals surface area contributed by atoms with Gasteiger partial charge >= 0.3 is 0 Å². The molecule has 2 N–H and O–H groups in total. The number of nitrogens with zero attached hydrogens (tertiary/aromatic N) is 4. The molecule has 0 fully saturated rings. The Bertz CT molecular complexity index is 306. The van der Waals surface area contributed by atoms with Crippen molar-refractivity contribution in [2.24, 2.45) is 5.73 Å². The van der Waals surface area contributed by atoms with Gasteiger partial charge in [-0.2, -0.15) is 5.10 Å². The molecule has 0 aromatic carbocycles. The monoisotopic (exact) mass is 239 g/mol. The van der Waals surface area contributed by atoms with E-state index in [0.29, 0.717) is 0 Å². The van der Waals surface area contributed by atoms with Crippen molar-refractivity contribution in [3.63, 3.8) is 0 Å². The van der Waals surface area contributed by atoms with Crippen LogP contribution in [0.5, 0.6) is 0 Å². The molecule has 17 heavy (non-hydrogen) atoms. The summed E-state index contributed by atoms with van der Waals surface area (Å²) in [5.74, 6) is 1.000. The summed E-state index contributed by atoms with van der Waals surface area (Å²) in [6, 6.07) is 0.171. The van der Waals surface area contributed by atoms with Crippen LogP contribution in [0, 0.1) is 0 Å². The summed E-state index contributed by atoms with van der Waals surface area (Å²) < 4.78 is 1.91. The summed E-state index contributed by atoms with van der Waals surface area (Å²) in [6.07, 6.45) is 3.43. The van der Waals surface area contributed by atoms with Gasteiger partial charge in [-0.05, 0) is 33.0 Å². The zero-order chi connectivity index (χ0) is 12.7. The summed E-state index contributed by atoms with van der Waals surface area (Å²) in [5, 5.41) is 4.15. The Kier molecular flexibility index (Phi) is 6.15. The molecule has 1 heterocycles. The highest BCUT2D eigenvalue weighted by atomic mass is 15.3. The van der Waals surface area contributed by atoms with Crippen molar-refractivity contribution in [1.29, 1.82) is 0 Å². The Morgan fingerprint density at radius 1 is 1.35 bits per heavy atom. The molecule has 0 amide bonds. The molecular weight excluding hydrogens is 214 g/mol. The van der Waals surface area contributed by atoms with Crippen LogP contribution in [0.1, 0.15) is 33.0 Å². The van der Waals surface area contributed by atoms with Gasteiger partial charge < -0.3 is 10.6 Å². The van der Waals surface area contributed by atoms with Gasteiger partial charge in [0.25, 0.3) is 0 Å². The van der Waals surface area contributed by atoms with Crippen molar-refractivity contribution in [2.75, 3.05) is 19.6 Å². The molecule has 0 aliphatic heterocycles. The molecular formula is C12H25N5. The molecule has 5 heteroatoms. The molecule has 1 atom stereocenters. The van der Waals surface area contributed by atoms with E-state index in [0.717, 1.165) is 44.8 Å².